The molecule has 9 heteroatoms. The van der Waals surface area contributed by atoms with E-state index in [2.05, 4.69) is 15.2 Å². The highest BCUT2D eigenvalue weighted by Gasteiger charge is 2.20. The number of aryl methyl sites for hydroxylation is 1. The van der Waals surface area contributed by atoms with Crippen LogP contribution >= 0.6 is 34.7 Å². The molecule has 3 aromatic heterocycles. The minimum Gasteiger partial charge on any atom is -0.305 e. The molecule has 0 saturated carbocycles. The number of thiazole rings is 1. The highest BCUT2D eigenvalue weighted by Crippen LogP contribution is 2.29. The maximum Gasteiger partial charge on any atom is 0.193 e. The Hall–Kier alpha value is -2.42. The summed E-state index contributed by atoms with van der Waals surface area (Å²) in [5, 5.41) is 12.6. The lowest BCUT2D eigenvalue weighted by molar-refractivity contribution is 0.102. The summed E-state index contributed by atoms with van der Waals surface area (Å²) in [4.78, 5) is 17.2. The first-order valence-corrected chi connectivity index (χ1v) is 11.1. The van der Waals surface area contributed by atoms with Crippen LogP contribution in [0.2, 0.25) is 5.02 Å². The van der Waals surface area contributed by atoms with Gasteiger partial charge in [0.05, 0.1) is 10.8 Å². The molecule has 0 saturated heterocycles. The monoisotopic (exact) mass is 443 g/mol. The first-order valence-electron chi connectivity index (χ1n) is 8.86. The van der Waals surface area contributed by atoms with E-state index in [0.29, 0.717) is 21.6 Å². The van der Waals surface area contributed by atoms with Gasteiger partial charge in [-0.1, -0.05) is 35.5 Å². The molecule has 29 heavy (non-hydrogen) atoms. The summed E-state index contributed by atoms with van der Waals surface area (Å²) in [6.07, 6.45) is 1.76. The van der Waals surface area contributed by atoms with E-state index in [-0.39, 0.29) is 11.5 Å². The van der Waals surface area contributed by atoms with Crippen molar-refractivity contribution in [2.75, 3.05) is 5.75 Å². The first kappa shape index (κ1) is 19.9. The average Bonchev–Trinajstić information content (AvgIpc) is 3.41. The number of Topliss-reactive ketones (excluding diaryl/α,β-unsaturated/α-hetero) is 1. The van der Waals surface area contributed by atoms with Crippen LogP contribution in [0, 0.1) is 13.8 Å². The molecule has 3 heterocycles. The zero-order chi connectivity index (χ0) is 20.5. The maximum atomic E-state index is 12.9. The van der Waals surface area contributed by atoms with Gasteiger partial charge in [-0.2, -0.15) is 0 Å². The number of aromatic nitrogens is 5. The standard InChI is InChI=1S/C20H18ClN5OS2/c1-12-10-15(13(2)26(12)19-22-8-9-28-19)17(27)11-29-20-24-23-18(25(20)3)14-6-4-5-7-16(14)21/h4-10H,11H2,1-3H3. The number of carbonyl (C=O) groups is 1. The molecule has 0 fully saturated rings. The van der Waals surface area contributed by atoms with Crippen molar-refractivity contribution < 1.29 is 4.79 Å². The van der Waals surface area contributed by atoms with Gasteiger partial charge in [0.1, 0.15) is 0 Å². The highest BCUT2D eigenvalue weighted by molar-refractivity contribution is 7.99. The summed E-state index contributed by atoms with van der Waals surface area (Å²) in [7, 11) is 1.87. The largest absolute Gasteiger partial charge is 0.305 e. The van der Waals surface area contributed by atoms with Crippen LogP contribution in [0.15, 0.2) is 47.1 Å². The summed E-state index contributed by atoms with van der Waals surface area (Å²) in [6, 6.07) is 9.42. The molecule has 4 aromatic rings. The number of carbonyl (C=O) groups excluding carboxylic acids is 1. The Kier molecular flexibility index (Phi) is 5.58. The molecule has 0 aliphatic carbocycles. The van der Waals surface area contributed by atoms with Crippen molar-refractivity contribution in [3.63, 3.8) is 0 Å². The summed E-state index contributed by atoms with van der Waals surface area (Å²) in [5.74, 6) is 0.997. The van der Waals surface area contributed by atoms with Gasteiger partial charge >= 0.3 is 0 Å². The summed E-state index contributed by atoms with van der Waals surface area (Å²) >= 11 is 9.19. The molecule has 0 bridgehead atoms. The molecular formula is C20H18ClN5OS2. The average molecular weight is 444 g/mol. The molecule has 0 amide bonds. The molecule has 0 radical (unpaired) electrons. The molecule has 1 aromatic carbocycles. The number of nitrogens with zero attached hydrogens (tertiary/aromatic N) is 5. The predicted molar refractivity (Wildman–Crippen MR) is 117 cm³/mol. The van der Waals surface area contributed by atoms with Crippen LogP contribution in [-0.4, -0.2) is 35.9 Å². The number of halogens is 1. The molecule has 0 unspecified atom stereocenters. The van der Waals surface area contributed by atoms with E-state index >= 15 is 0 Å². The normalized spacial score (nSPS) is 11.2. The van der Waals surface area contributed by atoms with Crippen LogP contribution in [0.3, 0.4) is 0 Å². The minimum absolute atomic E-state index is 0.0493. The van der Waals surface area contributed by atoms with Gasteiger partial charge in [0.25, 0.3) is 0 Å². The molecule has 0 aliphatic heterocycles. The Morgan fingerprint density at radius 2 is 2.03 bits per heavy atom. The molecule has 0 spiro atoms. The van der Waals surface area contributed by atoms with Crippen molar-refractivity contribution in [1.29, 1.82) is 0 Å². The topological polar surface area (TPSA) is 65.6 Å². The van der Waals surface area contributed by atoms with E-state index in [1.807, 2.05) is 65.7 Å². The van der Waals surface area contributed by atoms with Gasteiger partial charge in [0.2, 0.25) is 0 Å². The number of rotatable bonds is 6. The molecular weight excluding hydrogens is 426 g/mol. The number of benzene rings is 1. The van der Waals surface area contributed by atoms with Crippen molar-refractivity contribution in [2.45, 2.75) is 19.0 Å². The van der Waals surface area contributed by atoms with E-state index in [4.69, 9.17) is 11.6 Å². The quantitative estimate of drug-likeness (QED) is 0.311. The molecule has 0 N–H and O–H groups in total. The van der Waals surface area contributed by atoms with E-state index in [1.54, 1.807) is 17.5 Å². The lowest BCUT2D eigenvalue weighted by atomic mass is 10.2. The third kappa shape index (κ3) is 3.75. The molecule has 0 aliphatic rings. The van der Waals surface area contributed by atoms with Crippen LogP contribution in [-0.2, 0) is 7.05 Å². The Balaban J connectivity index is 1.53. The third-order valence-corrected chi connectivity index (χ3v) is 6.73. The fourth-order valence-electron chi connectivity index (χ4n) is 3.19. The summed E-state index contributed by atoms with van der Waals surface area (Å²) in [6.45, 7) is 3.93. The van der Waals surface area contributed by atoms with E-state index in [9.17, 15) is 4.79 Å². The Morgan fingerprint density at radius 1 is 1.24 bits per heavy atom. The SMILES string of the molecule is Cc1cc(C(=O)CSc2nnc(-c3ccccc3Cl)n2C)c(C)n1-c1nccs1. The number of hydrogen-bond donors (Lipinski definition) is 0. The van der Waals surface area contributed by atoms with Gasteiger partial charge in [0.15, 0.2) is 21.9 Å². The number of thioether (sulfide) groups is 1. The Bertz CT molecular complexity index is 1180. The van der Waals surface area contributed by atoms with Crippen molar-refractivity contribution in [3.05, 3.63) is 63.9 Å². The van der Waals surface area contributed by atoms with E-state index in [0.717, 1.165) is 22.1 Å². The second-order valence-electron chi connectivity index (χ2n) is 6.49. The Morgan fingerprint density at radius 3 is 2.76 bits per heavy atom. The van der Waals surface area contributed by atoms with Gasteiger partial charge in [-0.3, -0.25) is 9.36 Å². The predicted octanol–water partition coefficient (Wildman–Crippen LogP) is 4.97. The van der Waals surface area contributed by atoms with Crippen LogP contribution in [0.1, 0.15) is 21.7 Å². The molecule has 0 atom stereocenters. The van der Waals surface area contributed by atoms with Crippen molar-refractivity contribution >= 4 is 40.5 Å². The van der Waals surface area contributed by atoms with Gasteiger partial charge in [0, 0.05) is 41.1 Å². The lowest BCUT2D eigenvalue weighted by Gasteiger charge is -2.06. The van der Waals surface area contributed by atoms with Crippen molar-refractivity contribution in [2.24, 2.45) is 7.05 Å². The first-order chi connectivity index (χ1) is 14.0. The number of ketones is 1. The van der Waals surface area contributed by atoms with E-state index < -0.39 is 0 Å². The Labute approximate surface area is 181 Å². The highest BCUT2D eigenvalue weighted by atomic mass is 35.5. The minimum atomic E-state index is 0.0493. The van der Waals surface area contributed by atoms with Crippen LogP contribution in [0.4, 0.5) is 0 Å². The smallest absolute Gasteiger partial charge is 0.193 e. The van der Waals surface area contributed by atoms with Crippen molar-refractivity contribution in [1.82, 2.24) is 24.3 Å². The molecule has 148 valence electrons. The van der Waals surface area contributed by atoms with Gasteiger partial charge in [-0.25, -0.2) is 4.98 Å². The molecule has 4 rings (SSSR count). The van der Waals surface area contributed by atoms with Crippen LogP contribution in [0.5, 0.6) is 0 Å². The van der Waals surface area contributed by atoms with Gasteiger partial charge in [-0.15, -0.1) is 21.5 Å². The zero-order valence-corrected chi connectivity index (χ0v) is 18.5. The lowest BCUT2D eigenvalue weighted by Crippen LogP contribution is -2.06. The fraction of sp³-hybridized carbons (Fsp3) is 0.200. The third-order valence-electron chi connectivity index (χ3n) is 4.62. The molecule has 6 nitrogen and oxygen atoms in total. The van der Waals surface area contributed by atoms with Crippen molar-refractivity contribution in [3.8, 4) is 16.5 Å². The van der Waals surface area contributed by atoms with Gasteiger partial charge in [-0.05, 0) is 32.0 Å². The van der Waals surface area contributed by atoms with Crippen LogP contribution < -0.4 is 0 Å². The fourth-order valence-corrected chi connectivity index (χ4v) is 4.96. The summed E-state index contributed by atoms with van der Waals surface area (Å²) < 4.78 is 3.87. The zero-order valence-electron chi connectivity index (χ0n) is 16.1. The van der Waals surface area contributed by atoms with E-state index in [1.165, 1.54) is 11.8 Å². The second kappa shape index (κ2) is 8.14. The van der Waals surface area contributed by atoms with Crippen LogP contribution in [0.25, 0.3) is 16.5 Å². The summed E-state index contributed by atoms with van der Waals surface area (Å²) in [5.41, 5.74) is 3.41. The number of hydrogen-bond acceptors (Lipinski definition) is 6. The maximum absolute atomic E-state index is 12.9. The van der Waals surface area contributed by atoms with Gasteiger partial charge < -0.3 is 4.57 Å². The second-order valence-corrected chi connectivity index (χ2v) is 8.71.